The van der Waals surface area contributed by atoms with E-state index < -0.39 is 0 Å². The third-order valence-electron chi connectivity index (χ3n) is 1.29. The first-order chi connectivity index (χ1) is 4.91. The van der Waals surface area contributed by atoms with Gasteiger partial charge >= 0.3 is 24.3 Å². The van der Waals surface area contributed by atoms with Gasteiger partial charge in [0.15, 0.2) is 5.79 Å². The Morgan fingerprint density at radius 1 is 1.18 bits per heavy atom. The summed E-state index contributed by atoms with van der Waals surface area (Å²) in [5.41, 5.74) is -0.0938. The second kappa shape index (κ2) is 3.93. The SMILES string of the molecule is CC1(C)COC(C)(C)O1.[CH2]=[W]. The van der Waals surface area contributed by atoms with Crippen LogP contribution in [0.4, 0.5) is 0 Å². The summed E-state index contributed by atoms with van der Waals surface area (Å²) < 4.78 is 10.8. The van der Waals surface area contributed by atoms with Crippen LogP contribution in [0.25, 0.3) is 0 Å². The van der Waals surface area contributed by atoms with Crippen LogP contribution in [-0.4, -0.2) is 22.9 Å². The second-order valence-electron chi connectivity index (χ2n) is 3.55. The van der Waals surface area contributed by atoms with E-state index in [0.717, 1.165) is 0 Å². The van der Waals surface area contributed by atoms with E-state index in [-0.39, 0.29) is 11.4 Å². The van der Waals surface area contributed by atoms with Crippen molar-refractivity contribution < 1.29 is 28.8 Å². The Morgan fingerprint density at radius 2 is 1.64 bits per heavy atom. The first-order valence-electron chi connectivity index (χ1n) is 3.54. The Labute approximate surface area is 79.7 Å². The molecule has 2 nitrogen and oxygen atoms in total. The Morgan fingerprint density at radius 3 is 1.73 bits per heavy atom. The molecule has 1 fully saturated rings. The van der Waals surface area contributed by atoms with E-state index >= 15 is 0 Å². The van der Waals surface area contributed by atoms with E-state index in [1.165, 1.54) is 19.4 Å². The standard InChI is InChI=1S/C7H14O2.CH2.W/c1-6(2)5-8-7(3,4)9-6;;/h5H2,1-4H3;1H2;. The van der Waals surface area contributed by atoms with Crippen molar-refractivity contribution in [2.75, 3.05) is 6.61 Å². The third kappa shape index (κ3) is 4.15. The molecule has 1 rings (SSSR count). The minimum absolute atomic E-state index is 0.0938. The molecule has 3 heteroatoms. The van der Waals surface area contributed by atoms with Crippen molar-refractivity contribution in [3.05, 3.63) is 0 Å². The molecule has 0 unspecified atom stereocenters. The molecule has 0 spiro atoms. The molecule has 0 saturated carbocycles. The summed E-state index contributed by atoms with van der Waals surface area (Å²) in [5, 5.41) is 0. The zero-order valence-corrected chi connectivity index (χ0v) is 10.6. The Balaban J connectivity index is 0.000000461. The number of hydrogen-bond acceptors (Lipinski definition) is 2. The van der Waals surface area contributed by atoms with E-state index in [1.54, 1.807) is 0 Å². The third-order valence-corrected chi connectivity index (χ3v) is 1.29. The molecular weight excluding hydrogens is 312 g/mol. The Bertz CT molecular complexity index is 118. The molecule has 0 aromatic heterocycles. The van der Waals surface area contributed by atoms with E-state index in [2.05, 4.69) is 4.90 Å². The summed E-state index contributed by atoms with van der Waals surface area (Å²) in [5.74, 6) is -0.372. The van der Waals surface area contributed by atoms with Crippen molar-refractivity contribution >= 4 is 4.90 Å². The monoisotopic (exact) mass is 328 g/mol. The van der Waals surface area contributed by atoms with Gasteiger partial charge in [-0.2, -0.15) is 0 Å². The van der Waals surface area contributed by atoms with Gasteiger partial charge in [-0.15, -0.1) is 0 Å². The van der Waals surface area contributed by atoms with Gasteiger partial charge in [-0.1, -0.05) is 0 Å². The molecule has 0 aromatic carbocycles. The van der Waals surface area contributed by atoms with Gasteiger partial charge in [0.2, 0.25) is 0 Å². The van der Waals surface area contributed by atoms with Crippen LogP contribution in [0.2, 0.25) is 0 Å². The predicted molar refractivity (Wildman–Crippen MR) is 42.3 cm³/mol. The Kier molecular flexibility index (Phi) is 4.10. The van der Waals surface area contributed by atoms with Crippen LogP contribution in [0.1, 0.15) is 27.7 Å². The molecule has 0 aromatic rings. The molecule has 66 valence electrons. The molecule has 1 aliphatic heterocycles. The molecule has 1 heterocycles. The minimum atomic E-state index is -0.372. The van der Waals surface area contributed by atoms with Gasteiger partial charge in [-0.25, -0.2) is 0 Å². The zero-order valence-electron chi connectivity index (χ0n) is 7.64. The van der Waals surface area contributed by atoms with Gasteiger partial charge in [0.25, 0.3) is 0 Å². The quantitative estimate of drug-likeness (QED) is 0.671. The number of hydrogen-bond donors (Lipinski definition) is 0. The summed E-state index contributed by atoms with van der Waals surface area (Å²) in [6.45, 7) is 8.62. The van der Waals surface area contributed by atoms with E-state index in [9.17, 15) is 0 Å². The van der Waals surface area contributed by atoms with Crippen molar-refractivity contribution in [3.63, 3.8) is 0 Å². The summed E-state index contributed by atoms with van der Waals surface area (Å²) in [4.78, 5) is 3.33. The van der Waals surface area contributed by atoms with Crippen molar-refractivity contribution in [3.8, 4) is 0 Å². The van der Waals surface area contributed by atoms with Crippen molar-refractivity contribution in [1.82, 2.24) is 0 Å². The number of rotatable bonds is 0. The molecule has 1 aliphatic rings. The van der Waals surface area contributed by atoms with Crippen LogP contribution >= 0.6 is 0 Å². The fourth-order valence-electron chi connectivity index (χ4n) is 1.07. The van der Waals surface area contributed by atoms with Crippen LogP contribution in [0.3, 0.4) is 0 Å². The zero-order chi connectivity index (χ0) is 9.12. The summed E-state index contributed by atoms with van der Waals surface area (Å²) >= 11 is 1.33. The van der Waals surface area contributed by atoms with Crippen LogP contribution < -0.4 is 0 Å². The van der Waals surface area contributed by atoms with Gasteiger partial charge < -0.3 is 9.47 Å². The van der Waals surface area contributed by atoms with Crippen LogP contribution in [0.15, 0.2) is 0 Å². The number of ether oxygens (including phenoxy) is 2. The molecule has 0 bridgehead atoms. The van der Waals surface area contributed by atoms with Gasteiger partial charge in [0.05, 0.1) is 12.2 Å². The van der Waals surface area contributed by atoms with Crippen LogP contribution in [0.5, 0.6) is 0 Å². The fourth-order valence-corrected chi connectivity index (χ4v) is 1.07. The second-order valence-corrected chi connectivity index (χ2v) is 3.55. The molecule has 11 heavy (non-hydrogen) atoms. The normalized spacial score (nSPS) is 25.5. The average molecular weight is 328 g/mol. The first-order valence-corrected chi connectivity index (χ1v) is 5.62. The van der Waals surface area contributed by atoms with Crippen molar-refractivity contribution in [1.29, 1.82) is 0 Å². The maximum absolute atomic E-state index is 5.51. The molecule has 0 radical (unpaired) electrons. The van der Waals surface area contributed by atoms with Crippen LogP contribution in [0, 0.1) is 0 Å². The van der Waals surface area contributed by atoms with Gasteiger partial charge in [0.1, 0.15) is 0 Å². The predicted octanol–water partition coefficient (Wildman–Crippen LogP) is 1.51. The first kappa shape index (κ1) is 11.5. The van der Waals surface area contributed by atoms with Gasteiger partial charge in [0, 0.05) is 0 Å². The van der Waals surface area contributed by atoms with Gasteiger partial charge in [-0.05, 0) is 27.7 Å². The van der Waals surface area contributed by atoms with E-state index in [4.69, 9.17) is 9.47 Å². The molecule has 0 atom stereocenters. The summed E-state index contributed by atoms with van der Waals surface area (Å²) in [6.07, 6.45) is 0. The molecule has 0 aliphatic carbocycles. The molecule has 1 saturated heterocycles. The fraction of sp³-hybridized carbons (Fsp3) is 0.875. The summed E-state index contributed by atoms with van der Waals surface area (Å²) in [6, 6.07) is 0. The molecular formula is C8H16O2W. The van der Waals surface area contributed by atoms with Crippen molar-refractivity contribution in [2.24, 2.45) is 0 Å². The van der Waals surface area contributed by atoms with Gasteiger partial charge in [-0.3, -0.25) is 0 Å². The van der Waals surface area contributed by atoms with E-state index in [0.29, 0.717) is 6.61 Å². The topological polar surface area (TPSA) is 18.5 Å². The average Bonchev–Trinajstić information content (AvgIpc) is 2.10. The van der Waals surface area contributed by atoms with E-state index in [1.807, 2.05) is 27.7 Å². The van der Waals surface area contributed by atoms with Crippen LogP contribution in [-0.2, 0) is 28.8 Å². The molecule has 0 N–H and O–H groups in total. The van der Waals surface area contributed by atoms with Crippen molar-refractivity contribution in [2.45, 2.75) is 39.1 Å². The Hall–Kier alpha value is 0.478. The molecule has 0 amide bonds. The maximum atomic E-state index is 5.51. The summed E-state index contributed by atoms with van der Waals surface area (Å²) in [7, 11) is 0.